The number of esters is 1. The summed E-state index contributed by atoms with van der Waals surface area (Å²) < 4.78 is 10.9. The van der Waals surface area contributed by atoms with Crippen LogP contribution in [0.5, 0.6) is 5.75 Å². The number of likely N-dealkylation sites (tertiary alicyclic amines) is 1. The Hall–Kier alpha value is -3.12. The molecule has 0 aromatic heterocycles. The Labute approximate surface area is 196 Å². The third kappa shape index (κ3) is 7.19. The predicted molar refractivity (Wildman–Crippen MR) is 131 cm³/mol. The van der Waals surface area contributed by atoms with Crippen LogP contribution in [0.1, 0.15) is 49.8 Å². The van der Waals surface area contributed by atoms with Gasteiger partial charge in [0.2, 0.25) is 0 Å². The molecule has 3 rings (SSSR count). The zero-order chi connectivity index (χ0) is 23.5. The molecule has 0 saturated carbocycles. The van der Waals surface area contributed by atoms with Crippen molar-refractivity contribution in [3.63, 3.8) is 0 Å². The fraction of sp³-hybridized carbons (Fsp3) is 0.407. The average Bonchev–Trinajstić information content (AvgIpc) is 2.87. The number of rotatable bonds is 10. The van der Waals surface area contributed by atoms with Crippen molar-refractivity contribution in [2.24, 2.45) is 5.16 Å². The van der Waals surface area contributed by atoms with Crippen LogP contribution in [-0.4, -0.2) is 49.9 Å². The molecule has 0 amide bonds. The molecule has 2 aromatic rings. The summed E-state index contributed by atoms with van der Waals surface area (Å²) in [6.07, 6.45) is 5.66. The minimum absolute atomic E-state index is 0.344. The summed E-state index contributed by atoms with van der Waals surface area (Å²) in [6, 6.07) is 15.5. The van der Waals surface area contributed by atoms with E-state index in [1.54, 1.807) is 6.08 Å². The molecule has 0 bridgehead atoms. The third-order valence-corrected chi connectivity index (χ3v) is 5.82. The summed E-state index contributed by atoms with van der Waals surface area (Å²) in [5.41, 5.74) is 4.08. The lowest BCUT2D eigenvalue weighted by atomic mass is 10.00. The number of methoxy groups -OCH3 is 1. The van der Waals surface area contributed by atoms with E-state index in [4.69, 9.17) is 14.3 Å². The average molecular weight is 451 g/mol. The Morgan fingerprint density at radius 3 is 2.48 bits per heavy atom. The monoisotopic (exact) mass is 450 g/mol. The lowest BCUT2D eigenvalue weighted by Crippen LogP contribution is -2.32. The SMILES string of the molecule is CC=C(C(=O)OC)c1ccccc1COc1ccc(/C(C)=N\OCCN2CCCCC2)cc1. The van der Waals surface area contributed by atoms with Crippen LogP contribution < -0.4 is 4.74 Å². The molecule has 0 radical (unpaired) electrons. The summed E-state index contributed by atoms with van der Waals surface area (Å²) in [7, 11) is 1.39. The Bertz CT molecular complexity index is 960. The van der Waals surface area contributed by atoms with Crippen molar-refractivity contribution in [1.82, 2.24) is 4.90 Å². The minimum atomic E-state index is -0.359. The number of hydrogen-bond acceptors (Lipinski definition) is 6. The second kappa shape index (κ2) is 12.8. The second-order valence-electron chi connectivity index (χ2n) is 8.08. The van der Waals surface area contributed by atoms with Gasteiger partial charge in [-0.3, -0.25) is 4.90 Å². The van der Waals surface area contributed by atoms with Crippen molar-refractivity contribution in [3.8, 4) is 5.75 Å². The standard InChI is InChI=1S/C27H34N2O4/c1-4-25(27(30)31-3)26-11-7-6-10-23(26)20-32-24-14-12-22(13-15-24)21(2)28-33-19-18-29-16-8-5-9-17-29/h4,6-7,10-15H,5,8-9,16-20H2,1-3H3/b25-4?,28-21-. The third-order valence-electron chi connectivity index (χ3n) is 5.82. The molecule has 6 nitrogen and oxygen atoms in total. The maximum atomic E-state index is 12.1. The Morgan fingerprint density at radius 1 is 1.06 bits per heavy atom. The van der Waals surface area contributed by atoms with Crippen LogP contribution in [0.25, 0.3) is 5.57 Å². The van der Waals surface area contributed by atoms with E-state index >= 15 is 0 Å². The highest BCUT2D eigenvalue weighted by atomic mass is 16.6. The van der Waals surface area contributed by atoms with E-state index in [0.717, 1.165) is 47.8 Å². The molecular formula is C27H34N2O4. The molecule has 1 aliphatic heterocycles. The summed E-state index contributed by atoms with van der Waals surface area (Å²) >= 11 is 0. The first-order valence-electron chi connectivity index (χ1n) is 11.6. The second-order valence-corrected chi connectivity index (χ2v) is 8.08. The number of nitrogens with zero attached hydrogens (tertiary/aromatic N) is 2. The summed E-state index contributed by atoms with van der Waals surface area (Å²) in [5, 5.41) is 4.27. The van der Waals surface area contributed by atoms with E-state index < -0.39 is 0 Å². The first-order chi connectivity index (χ1) is 16.1. The van der Waals surface area contributed by atoms with Gasteiger partial charge in [0.05, 0.1) is 18.4 Å². The zero-order valence-electron chi connectivity index (χ0n) is 19.9. The van der Waals surface area contributed by atoms with Crippen molar-refractivity contribution < 1.29 is 19.1 Å². The summed E-state index contributed by atoms with van der Waals surface area (Å²) in [6.45, 7) is 7.97. The first-order valence-corrected chi connectivity index (χ1v) is 11.6. The Balaban J connectivity index is 1.54. The lowest BCUT2D eigenvalue weighted by molar-refractivity contribution is -0.133. The number of benzene rings is 2. The van der Waals surface area contributed by atoms with Crippen LogP contribution in [0.2, 0.25) is 0 Å². The van der Waals surface area contributed by atoms with Crippen LogP contribution in [0.3, 0.4) is 0 Å². The Kier molecular flexibility index (Phi) is 9.51. The predicted octanol–water partition coefficient (Wildman–Crippen LogP) is 5.07. The summed E-state index contributed by atoms with van der Waals surface area (Å²) in [4.78, 5) is 20.1. The van der Waals surface area contributed by atoms with Gasteiger partial charge in [0.25, 0.3) is 0 Å². The number of carbonyl (C=O) groups is 1. The van der Waals surface area contributed by atoms with Gasteiger partial charge in [-0.25, -0.2) is 4.79 Å². The number of allylic oxidation sites excluding steroid dienone is 1. The van der Waals surface area contributed by atoms with Crippen molar-refractivity contribution >= 4 is 17.3 Å². The van der Waals surface area contributed by atoms with E-state index in [1.165, 1.54) is 26.4 Å². The minimum Gasteiger partial charge on any atom is -0.489 e. The molecule has 1 aliphatic rings. The maximum Gasteiger partial charge on any atom is 0.338 e. The fourth-order valence-electron chi connectivity index (χ4n) is 3.90. The van der Waals surface area contributed by atoms with Crippen LogP contribution in [0, 0.1) is 0 Å². The van der Waals surface area contributed by atoms with Gasteiger partial charge in [0, 0.05) is 6.54 Å². The molecule has 1 saturated heterocycles. The number of oxime groups is 1. The lowest BCUT2D eigenvalue weighted by Gasteiger charge is -2.25. The van der Waals surface area contributed by atoms with Gasteiger partial charge < -0.3 is 14.3 Å². The molecule has 0 spiro atoms. The van der Waals surface area contributed by atoms with Crippen molar-refractivity contribution in [2.75, 3.05) is 33.4 Å². The van der Waals surface area contributed by atoms with Gasteiger partial charge in [0.1, 0.15) is 19.0 Å². The van der Waals surface area contributed by atoms with Gasteiger partial charge in [-0.15, -0.1) is 0 Å². The molecular weight excluding hydrogens is 416 g/mol. The van der Waals surface area contributed by atoms with Gasteiger partial charge in [-0.05, 0) is 80.7 Å². The van der Waals surface area contributed by atoms with E-state index in [1.807, 2.05) is 62.4 Å². The van der Waals surface area contributed by atoms with Crippen LogP contribution in [0.15, 0.2) is 59.8 Å². The van der Waals surface area contributed by atoms with E-state index in [-0.39, 0.29) is 5.97 Å². The zero-order valence-corrected chi connectivity index (χ0v) is 19.9. The molecule has 0 unspecified atom stereocenters. The molecule has 0 atom stereocenters. The molecule has 176 valence electrons. The normalized spacial score (nSPS) is 15.2. The van der Waals surface area contributed by atoms with Crippen molar-refractivity contribution in [1.29, 1.82) is 0 Å². The topological polar surface area (TPSA) is 60.4 Å². The highest BCUT2D eigenvalue weighted by Crippen LogP contribution is 2.23. The van der Waals surface area contributed by atoms with E-state index in [9.17, 15) is 4.79 Å². The largest absolute Gasteiger partial charge is 0.489 e. The molecule has 33 heavy (non-hydrogen) atoms. The summed E-state index contributed by atoms with van der Waals surface area (Å²) in [5.74, 6) is 0.384. The highest BCUT2D eigenvalue weighted by Gasteiger charge is 2.15. The fourth-order valence-corrected chi connectivity index (χ4v) is 3.90. The van der Waals surface area contributed by atoms with Gasteiger partial charge in [-0.1, -0.05) is 41.9 Å². The Morgan fingerprint density at radius 2 is 1.79 bits per heavy atom. The number of piperidine rings is 1. The highest BCUT2D eigenvalue weighted by molar-refractivity contribution is 6.16. The van der Waals surface area contributed by atoms with Gasteiger partial charge in [0.15, 0.2) is 0 Å². The molecule has 0 aliphatic carbocycles. The molecule has 0 N–H and O–H groups in total. The number of ether oxygens (including phenoxy) is 2. The number of hydrogen-bond donors (Lipinski definition) is 0. The van der Waals surface area contributed by atoms with E-state index in [0.29, 0.717) is 18.8 Å². The molecule has 1 heterocycles. The molecule has 6 heteroatoms. The molecule has 1 fully saturated rings. The number of carbonyl (C=O) groups excluding carboxylic acids is 1. The van der Waals surface area contributed by atoms with Gasteiger partial charge in [-0.2, -0.15) is 0 Å². The quantitative estimate of drug-likeness (QED) is 0.166. The van der Waals surface area contributed by atoms with Crippen LogP contribution in [0.4, 0.5) is 0 Å². The maximum absolute atomic E-state index is 12.1. The van der Waals surface area contributed by atoms with Gasteiger partial charge >= 0.3 is 5.97 Å². The van der Waals surface area contributed by atoms with E-state index in [2.05, 4.69) is 10.1 Å². The van der Waals surface area contributed by atoms with Crippen molar-refractivity contribution in [3.05, 3.63) is 71.3 Å². The smallest absolute Gasteiger partial charge is 0.338 e. The first kappa shape index (κ1) is 24.5. The van der Waals surface area contributed by atoms with Crippen molar-refractivity contribution in [2.45, 2.75) is 39.7 Å². The van der Waals surface area contributed by atoms with Crippen LogP contribution >= 0.6 is 0 Å². The van der Waals surface area contributed by atoms with Crippen LogP contribution in [-0.2, 0) is 21.0 Å². The molecule has 2 aromatic carbocycles.